The molecule has 0 spiro atoms. The zero-order valence-electron chi connectivity index (χ0n) is 13.2. The van der Waals surface area contributed by atoms with E-state index in [0.717, 1.165) is 0 Å². The second-order valence-corrected chi connectivity index (χ2v) is 4.73. The number of hydrogen-bond acceptors (Lipinski definition) is 5. The predicted octanol–water partition coefficient (Wildman–Crippen LogP) is 2.32. The van der Waals surface area contributed by atoms with Gasteiger partial charge in [0, 0.05) is 7.05 Å². The third kappa shape index (κ3) is 4.91. The van der Waals surface area contributed by atoms with Crippen molar-refractivity contribution in [3.8, 4) is 11.5 Å². The Kier molecular flexibility index (Phi) is 7.44. The van der Waals surface area contributed by atoms with Crippen molar-refractivity contribution in [3.05, 3.63) is 47.9 Å². The van der Waals surface area contributed by atoms with Crippen molar-refractivity contribution in [2.45, 2.75) is 6.54 Å². The number of carbonyl (C=O) groups is 1. The van der Waals surface area contributed by atoms with Crippen molar-refractivity contribution in [1.29, 1.82) is 0 Å². The molecule has 0 fully saturated rings. The van der Waals surface area contributed by atoms with Gasteiger partial charge in [-0.25, -0.2) is 0 Å². The van der Waals surface area contributed by atoms with Crippen LogP contribution in [0.1, 0.15) is 16.1 Å². The van der Waals surface area contributed by atoms with Gasteiger partial charge in [-0.15, -0.1) is 12.4 Å². The van der Waals surface area contributed by atoms with Gasteiger partial charge in [0.15, 0.2) is 11.5 Å². The number of benzene rings is 1. The number of nitrogens with zero attached hydrogens (tertiary/aromatic N) is 1. The van der Waals surface area contributed by atoms with Crippen LogP contribution in [0.5, 0.6) is 11.5 Å². The number of halogens is 1. The second kappa shape index (κ2) is 9.07. The first-order chi connectivity index (χ1) is 10.7. The van der Waals surface area contributed by atoms with E-state index in [4.69, 9.17) is 19.6 Å². The molecule has 0 atom stereocenters. The molecule has 0 saturated heterocycles. The van der Waals surface area contributed by atoms with Crippen molar-refractivity contribution in [2.75, 3.05) is 27.3 Å². The quantitative estimate of drug-likeness (QED) is 0.837. The maximum atomic E-state index is 12.2. The Labute approximate surface area is 141 Å². The van der Waals surface area contributed by atoms with Crippen molar-refractivity contribution in [3.63, 3.8) is 0 Å². The fourth-order valence-corrected chi connectivity index (χ4v) is 1.95. The van der Waals surface area contributed by atoms with E-state index in [2.05, 4.69) is 0 Å². The van der Waals surface area contributed by atoms with Crippen LogP contribution >= 0.6 is 12.4 Å². The maximum Gasteiger partial charge on any atom is 0.256 e. The molecule has 7 heteroatoms. The number of hydrogen-bond donors (Lipinski definition) is 1. The van der Waals surface area contributed by atoms with Gasteiger partial charge in [0.2, 0.25) is 0 Å². The standard InChI is InChI=1S/C16H20N2O4.ClH/c1-18(16(19)12-9-13(10-17)22-11-12)7-8-21-15-6-4-3-5-14(15)20-2;/h3-6,9,11H,7-8,10,17H2,1-2H3;1H. The van der Waals surface area contributed by atoms with Gasteiger partial charge in [-0.2, -0.15) is 0 Å². The number of ether oxygens (including phenoxy) is 2. The van der Waals surface area contributed by atoms with Gasteiger partial charge in [0.25, 0.3) is 5.91 Å². The van der Waals surface area contributed by atoms with Crippen molar-refractivity contribution < 1.29 is 18.7 Å². The lowest BCUT2D eigenvalue weighted by Crippen LogP contribution is -2.30. The Morgan fingerprint density at radius 3 is 2.61 bits per heavy atom. The summed E-state index contributed by atoms with van der Waals surface area (Å²) in [6.45, 7) is 1.08. The summed E-state index contributed by atoms with van der Waals surface area (Å²) in [6.07, 6.45) is 1.42. The fraction of sp³-hybridized carbons (Fsp3) is 0.312. The largest absolute Gasteiger partial charge is 0.493 e. The number of amides is 1. The molecule has 2 aromatic rings. The molecule has 0 bridgehead atoms. The number of furan rings is 1. The lowest BCUT2D eigenvalue weighted by molar-refractivity contribution is 0.0772. The summed E-state index contributed by atoms with van der Waals surface area (Å²) in [7, 11) is 3.30. The fourth-order valence-electron chi connectivity index (χ4n) is 1.95. The summed E-state index contributed by atoms with van der Waals surface area (Å²) >= 11 is 0. The average Bonchev–Trinajstić information content (AvgIpc) is 3.03. The maximum absolute atomic E-state index is 12.2. The number of nitrogens with two attached hydrogens (primary N) is 1. The smallest absolute Gasteiger partial charge is 0.256 e. The first-order valence-electron chi connectivity index (χ1n) is 6.94. The van der Waals surface area contributed by atoms with Crippen molar-refractivity contribution >= 4 is 18.3 Å². The molecule has 1 aromatic heterocycles. The summed E-state index contributed by atoms with van der Waals surface area (Å²) in [6, 6.07) is 9.04. The highest BCUT2D eigenvalue weighted by atomic mass is 35.5. The van der Waals surface area contributed by atoms with Crippen LogP contribution in [0.2, 0.25) is 0 Å². The van der Waals surface area contributed by atoms with E-state index < -0.39 is 0 Å². The molecule has 6 nitrogen and oxygen atoms in total. The summed E-state index contributed by atoms with van der Waals surface area (Å²) in [5.41, 5.74) is 5.95. The predicted molar refractivity (Wildman–Crippen MR) is 89.3 cm³/mol. The van der Waals surface area contributed by atoms with Gasteiger partial charge in [-0.3, -0.25) is 4.79 Å². The molecular weight excluding hydrogens is 320 g/mol. The number of rotatable bonds is 7. The first-order valence-corrected chi connectivity index (χ1v) is 6.94. The Balaban J connectivity index is 0.00000264. The highest BCUT2D eigenvalue weighted by Crippen LogP contribution is 2.25. The third-order valence-corrected chi connectivity index (χ3v) is 3.20. The van der Waals surface area contributed by atoms with E-state index in [-0.39, 0.29) is 24.9 Å². The summed E-state index contributed by atoms with van der Waals surface area (Å²) in [4.78, 5) is 13.8. The molecule has 0 saturated carbocycles. The molecule has 0 unspecified atom stereocenters. The topological polar surface area (TPSA) is 77.9 Å². The van der Waals surface area contributed by atoms with Crippen LogP contribution in [0.3, 0.4) is 0 Å². The molecule has 2 rings (SSSR count). The Morgan fingerprint density at radius 2 is 2.00 bits per heavy atom. The minimum atomic E-state index is -0.132. The van der Waals surface area contributed by atoms with E-state index in [9.17, 15) is 4.79 Å². The highest BCUT2D eigenvalue weighted by Gasteiger charge is 2.14. The monoisotopic (exact) mass is 340 g/mol. The second-order valence-electron chi connectivity index (χ2n) is 4.73. The van der Waals surface area contributed by atoms with Gasteiger partial charge in [0.05, 0.1) is 25.8 Å². The van der Waals surface area contributed by atoms with Crippen LogP contribution in [-0.2, 0) is 6.54 Å². The van der Waals surface area contributed by atoms with E-state index in [1.165, 1.54) is 6.26 Å². The Bertz CT molecular complexity index is 630. The Morgan fingerprint density at radius 1 is 1.30 bits per heavy atom. The molecule has 2 N–H and O–H groups in total. The van der Waals surface area contributed by atoms with Crippen LogP contribution in [0.25, 0.3) is 0 Å². The number of para-hydroxylation sites is 2. The molecule has 0 aliphatic rings. The molecule has 1 heterocycles. The number of carbonyl (C=O) groups excluding carboxylic acids is 1. The molecule has 126 valence electrons. The molecule has 0 aliphatic carbocycles. The molecule has 0 aliphatic heterocycles. The normalized spacial score (nSPS) is 9.87. The van der Waals surface area contributed by atoms with E-state index in [1.54, 1.807) is 25.1 Å². The van der Waals surface area contributed by atoms with Gasteiger partial charge >= 0.3 is 0 Å². The average molecular weight is 341 g/mol. The zero-order valence-corrected chi connectivity index (χ0v) is 14.0. The molecular formula is C16H21ClN2O4. The van der Waals surface area contributed by atoms with Gasteiger partial charge < -0.3 is 24.5 Å². The molecule has 1 aromatic carbocycles. The van der Waals surface area contributed by atoms with Crippen LogP contribution in [-0.4, -0.2) is 38.1 Å². The van der Waals surface area contributed by atoms with Crippen LogP contribution in [0, 0.1) is 0 Å². The van der Waals surface area contributed by atoms with E-state index in [0.29, 0.717) is 36.0 Å². The van der Waals surface area contributed by atoms with Gasteiger partial charge in [-0.05, 0) is 18.2 Å². The summed E-state index contributed by atoms with van der Waals surface area (Å²) in [5.74, 6) is 1.77. The Hall–Kier alpha value is -2.18. The lowest BCUT2D eigenvalue weighted by Gasteiger charge is -2.17. The summed E-state index contributed by atoms with van der Waals surface area (Å²) in [5, 5.41) is 0. The van der Waals surface area contributed by atoms with E-state index in [1.807, 2.05) is 24.3 Å². The van der Waals surface area contributed by atoms with Crippen LogP contribution in [0.15, 0.2) is 41.0 Å². The summed E-state index contributed by atoms with van der Waals surface area (Å²) < 4.78 is 16.0. The highest BCUT2D eigenvalue weighted by molar-refractivity contribution is 5.93. The van der Waals surface area contributed by atoms with Crippen LogP contribution < -0.4 is 15.2 Å². The SMILES string of the molecule is COc1ccccc1OCCN(C)C(=O)c1coc(CN)c1.Cl. The van der Waals surface area contributed by atoms with Crippen LogP contribution in [0.4, 0.5) is 0 Å². The minimum Gasteiger partial charge on any atom is -0.493 e. The molecule has 0 radical (unpaired) electrons. The minimum absolute atomic E-state index is 0. The van der Waals surface area contributed by atoms with Gasteiger partial charge in [-0.1, -0.05) is 12.1 Å². The lowest BCUT2D eigenvalue weighted by atomic mass is 10.2. The number of methoxy groups -OCH3 is 1. The molecule has 23 heavy (non-hydrogen) atoms. The van der Waals surface area contributed by atoms with Crippen molar-refractivity contribution in [1.82, 2.24) is 4.90 Å². The number of likely N-dealkylation sites (N-methyl/N-ethyl adjacent to an activating group) is 1. The van der Waals surface area contributed by atoms with Crippen molar-refractivity contribution in [2.24, 2.45) is 5.73 Å². The molecule has 1 amide bonds. The van der Waals surface area contributed by atoms with E-state index >= 15 is 0 Å². The first kappa shape index (κ1) is 18.9. The third-order valence-electron chi connectivity index (χ3n) is 3.20. The van der Waals surface area contributed by atoms with Gasteiger partial charge in [0.1, 0.15) is 18.6 Å². The zero-order chi connectivity index (χ0) is 15.9.